The van der Waals surface area contributed by atoms with E-state index in [1.807, 2.05) is 0 Å². The molecule has 0 N–H and O–H groups in total. The van der Waals surface area contributed by atoms with Crippen molar-refractivity contribution in [3.05, 3.63) is 275 Å². The van der Waals surface area contributed by atoms with Crippen LogP contribution in [0, 0.1) is 0 Å². The van der Waals surface area contributed by atoms with E-state index >= 15 is 0 Å². The standard InChI is InChI=1S/C60H54N2/c1-46(58(48-24-10-3-11-25-48)49-26-12-4-13-27-49)61(54-32-18-7-19-33-54)56-40-36-52(37-41-56)60(44-22-9-23-45-60)53-38-42-57(43-39-53)62(55-34-20-8-21-35-55)47(2)59(50-28-14-5-15-29-50)51-30-16-6-17-31-51/h3-8,10-21,24-43H,9,22-23,44-45H2,1-2H3. The molecule has 8 aromatic rings. The number of allylic oxidation sites excluding steroid dienone is 2. The first-order valence-corrected chi connectivity index (χ1v) is 22.2. The van der Waals surface area contributed by atoms with E-state index in [-0.39, 0.29) is 5.41 Å². The van der Waals surface area contributed by atoms with Crippen molar-refractivity contribution in [2.24, 2.45) is 0 Å². The van der Waals surface area contributed by atoms with Gasteiger partial charge in [0.1, 0.15) is 0 Å². The summed E-state index contributed by atoms with van der Waals surface area (Å²) in [6.45, 7) is 4.53. The molecule has 0 aromatic heterocycles. The lowest BCUT2D eigenvalue weighted by Gasteiger charge is -2.39. The maximum atomic E-state index is 2.43. The van der Waals surface area contributed by atoms with Crippen molar-refractivity contribution < 1.29 is 0 Å². The van der Waals surface area contributed by atoms with Crippen molar-refractivity contribution in [3.63, 3.8) is 0 Å². The lowest BCUT2D eigenvalue weighted by Crippen LogP contribution is -2.30. The molecule has 0 bridgehead atoms. The molecule has 1 aliphatic rings. The molecule has 8 aromatic carbocycles. The maximum Gasteiger partial charge on any atom is 0.0458 e. The first-order valence-electron chi connectivity index (χ1n) is 22.2. The average molecular weight is 803 g/mol. The number of hydrogen-bond donors (Lipinski definition) is 0. The summed E-state index contributed by atoms with van der Waals surface area (Å²) < 4.78 is 0. The Morgan fingerprint density at radius 2 is 0.565 bits per heavy atom. The maximum absolute atomic E-state index is 2.43. The van der Waals surface area contributed by atoms with Crippen LogP contribution < -0.4 is 9.80 Å². The summed E-state index contributed by atoms with van der Waals surface area (Å²) in [5, 5.41) is 0. The van der Waals surface area contributed by atoms with Gasteiger partial charge in [0, 0.05) is 50.7 Å². The minimum Gasteiger partial charge on any atom is -0.314 e. The highest BCUT2D eigenvalue weighted by Crippen LogP contribution is 2.47. The fourth-order valence-corrected chi connectivity index (χ4v) is 9.80. The first kappa shape index (κ1) is 40.3. The van der Waals surface area contributed by atoms with Gasteiger partial charge in [0.25, 0.3) is 0 Å². The zero-order valence-electron chi connectivity index (χ0n) is 35.9. The molecule has 0 aliphatic heterocycles. The first-order chi connectivity index (χ1) is 30.6. The molecule has 1 aliphatic carbocycles. The van der Waals surface area contributed by atoms with E-state index in [4.69, 9.17) is 0 Å². The Morgan fingerprint density at radius 1 is 0.306 bits per heavy atom. The van der Waals surface area contributed by atoms with Gasteiger partial charge in [0.15, 0.2) is 0 Å². The van der Waals surface area contributed by atoms with Crippen molar-refractivity contribution in [2.45, 2.75) is 51.4 Å². The van der Waals surface area contributed by atoms with E-state index in [0.717, 1.165) is 35.6 Å². The van der Waals surface area contributed by atoms with E-state index < -0.39 is 0 Å². The third-order valence-corrected chi connectivity index (χ3v) is 12.7. The lowest BCUT2D eigenvalue weighted by atomic mass is 9.65. The third-order valence-electron chi connectivity index (χ3n) is 12.7. The molecule has 0 atom stereocenters. The Labute approximate surface area is 368 Å². The van der Waals surface area contributed by atoms with Crippen LogP contribution in [0.15, 0.2) is 242 Å². The van der Waals surface area contributed by atoms with Crippen molar-refractivity contribution in [2.75, 3.05) is 9.80 Å². The second-order valence-electron chi connectivity index (χ2n) is 16.5. The minimum atomic E-state index is -0.0707. The molecule has 9 rings (SSSR count). The van der Waals surface area contributed by atoms with E-state index in [9.17, 15) is 0 Å². The summed E-state index contributed by atoms with van der Waals surface area (Å²) in [4.78, 5) is 4.85. The van der Waals surface area contributed by atoms with Gasteiger partial charge < -0.3 is 9.80 Å². The predicted octanol–water partition coefficient (Wildman–Crippen LogP) is 16.2. The molecule has 0 heterocycles. The van der Waals surface area contributed by atoms with Crippen molar-refractivity contribution >= 4 is 33.9 Å². The molecule has 1 saturated carbocycles. The normalized spacial score (nSPS) is 13.1. The number of anilines is 4. The van der Waals surface area contributed by atoms with Crippen LogP contribution in [-0.2, 0) is 5.41 Å². The zero-order chi connectivity index (χ0) is 42.1. The van der Waals surface area contributed by atoms with Crippen LogP contribution in [0.2, 0.25) is 0 Å². The molecule has 0 radical (unpaired) electrons. The van der Waals surface area contributed by atoms with Crippen molar-refractivity contribution in [1.29, 1.82) is 0 Å². The SMILES string of the molecule is CC(=C(c1ccccc1)c1ccccc1)N(c1ccccc1)c1ccc(C2(c3ccc(N(C(C)=C(c4ccccc4)c4ccccc4)c4ccccc4)cc3)CCCCC2)cc1. The van der Waals surface area contributed by atoms with Gasteiger partial charge in [-0.05, 0) is 109 Å². The summed E-state index contributed by atoms with van der Waals surface area (Å²) in [5.41, 5.74) is 16.9. The van der Waals surface area contributed by atoms with Crippen LogP contribution >= 0.6 is 0 Å². The predicted molar refractivity (Wildman–Crippen MR) is 263 cm³/mol. The van der Waals surface area contributed by atoms with Gasteiger partial charge in [0.05, 0.1) is 0 Å². The van der Waals surface area contributed by atoms with Gasteiger partial charge in [0.2, 0.25) is 0 Å². The average Bonchev–Trinajstić information content (AvgIpc) is 3.35. The Hall–Kier alpha value is -7.16. The monoisotopic (exact) mass is 802 g/mol. The number of hydrogen-bond acceptors (Lipinski definition) is 2. The smallest absolute Gasteiger partial charge is 0.0458 e. The van der Waals surface area contributed by atoms with Gasteiger partial charge in [-0.15, -0.1) is 0 Å². The molecular formula is C60H54N2. The topological polar surface area (TPSA) is 6.48 Å². The molecule has 62 heavy (non-hydrogen) atoms. The van der Waals surface area contributed by atoms with Gasteiger partial charge in [-0.25, -0.2) is 0 Å². The summed E-state index contributed by atoms with van der Waals surface area (Å²) in [6, 6.07) is 83.8. The van der Waals surface area contributed by atoms with Crippen LogP contribution in [0.3, 0.4) is 0 Å². The van der Waals surface area contributed by atoms with Crippen LogP contribution in [0.5, 0.6) is 0 Å². The molecule has 0 amide bonds. The highest BCUT2D eigenvalue weighted by Gasteiger charge is 2.36. The summed E-state index contributed by atoms with van der Waals surface area (Å²) in [7, 11) is 0. The third kappa shape index (κ3) is 8.29. The van der Waals surface area contributed by atoms with Gasteiger partial charge in [-0.3, -0.25) is 0 Å². The molecule has 0 spiro atoms. The van der Waals surface area contributed by atoms with Crippen LogP contribution in [0.25, 0.3) is 11.1 Å². The lowest BCUT2D eigenvalue weighted by molar-refractivity contribution is 0.346. The molecular weight excluding hydrogens is 749 g/mol. The van der Waals surface area contributed by atoms with Gasteiger partial charge in [-0.2, -0.15) is 0 Å². The van der Waals surface area contributed by atoms with E-state index in [2.05, 4.69) is 254 Å². The van der Waals surface area contributed by atoms with Crippen LogP contribution in [-0.4, -0.2) is 0 Å². The second-order valence-corrected chi connectivity index (χ2v) is 16.5. The molecule has 304 valence electrons. The summed E-state index contributed by atoms with van der Waals surface area (Å²) >= 11 is 0. The quantitative estimate of drug-likeness (QED) is 0.121. The fourth-order valence-electron chi connectivity index (χ4n) is 9.80. The van der Waals surface area contributed by atoms with E-state index in [1.54, 1.807) is 0 Å². The Kier molecular flexibility index (Phi) is 12.1. The molecule has 0 unspecified atom stereocenters. The molecule has 2 nitrogen and oxygen atoms in total. The Bertz CT molecular complexity index is 2450. The Morgan fingerprint density at radius 3 is 0.855 bits per heavy atom. The van der Waals surface area contributed by atoms with Crippen molar-refractivity contribution in [3.8, 4) is 0 Å². The number of rotatable bonds is 12. The Balaban J connectivity index is 1.12. The largest absolute Gasteiger partial charge is 0.314 e. The van der Waals surface area contributed by atoms with Crippen LogP contribution in [0.4, 0.5) is 22.7 Å². The summed E-state index contributed by atoms with van der Waals surface area (Å²) in [6.07, 6.45) is 5.97. The van der Waals surface area contributed by atoms with Gasteiger partial charge >= 0.3 is 0 Å². The van der Waals surface area contributed by atoms with Crippen molar-refractivity contribution in [1.82, 2.24) is 0 Å². The molecule has 1 fully saturated rings. The highest BCUT2D eigenvalue weighted by molar-refractivity contribution is 5.88. The van der Waals surface area contributed by atoms with E-state index in [0.29, 0.717) is 0 Å². The molecule has 2 heteroatoms. The zero-order valence-corrected chi connectivity index (χ0v) is 35.9. The van der Waals surface area contributed by atoms with Gasteiger partial charge in [-0.1, -0.05) is 201 Å². The second kappa shape index (κ2) is 18.6. The number of nitrogens with zero attached hydrogens (tertiary/aromatic N) is 2. The number of para-hydroxylation sites is 2. The summed E-state index contributed by atoms with van der Waals surface area (Å²) in [5.74, 6) is 0. The van der Waals surface area contributed by atoms with Crippen LogP contribution in [0.1, 0.15) is 79.3 Å². The van der Waals surface area contributed by atoms with E-state index in [1.165, 1.54) is 75.2 Å². The highest BCUT2D eigenvalue weighted by atomic mass is 15.2. The minimum absolute atomic E-state index is 0.0707. The molecule has 0 saturated heterocycles. The fraction of sp³-hybridized carbons (Fsp3) is 0.133. The number of benzene rings is 8.